The Bertz CT molecular complexity index is 673. The molecule has 0 bridgehead atoms. The summed E-state index contributed by atoms with van der Waals surface area (Å²) < 4.78 is 5.82. The van der Waals surface area contributed by atoms with Crippen molar-refractivity contribution in [3.05, 3.63) is 45.9 Å². The Hall–Kier alpha value is -1.95. The van der Waals surface area contributed by atoms with E-state index in [4.69, 9.17) is 10.3 Å². The van der Waals surface area contributed by atoms with Gasteiger partial charge in [-0.1, -0.05) is 6.07 Å². The van der Waals surface area contributed by atoms with Gasteiger partial charge in [-0.2, -0.15) is 0 Å². The lowest BCUT2D eigenvalue weighted by molar-refractivity contribution is 0.0813. The first-order chi connectivity index (χ1) is 8.97. The summed E-state index contributed by atoms with van der Waals surface area (Å²) in [7, 11) is 0. The predicted octanol–water partition coefficient (Wildman–Crippen LogP) is 2.07. The van der Waals surface area contributed by atoms with Crippen LogP contribution in [0.1, 0.15) is 16.1 Å². The van der Waals surface area contributed by atoms with Crippen molar-refractivity contribution in [3.63, 3.8) is 0 Å². The number of nitrogens with two attached hydrogens (primary N) is 1. The van der Waals surface area contributed by atoms with Gasteiger partial charge in [0.1, 0.15) is 5.76 Å². The van der Waals surface area contributed by atoms with Crippen molar-refractivity contribution in [2.75, 3.05) is 11.5 Å². The molecular formula is C13H14N2O3S. The zero-order valence-corrected chi connectivity index (χ0v) is 11.5. The lowest BCUT2D eigenvalue weighted by atomic mass is 10.2. The van der Waals surface area contributed by atoms with Gasteiger partial charge in [0, 0.05) is 16.6 Å². The number of carbonyl (C=O) groups is 1. The number of aryl methyl sites for hydroxylation is 2. The van der Waals surface area contributed by atoms with Crippen LogP contribution in [0, 0.1) is 13.8 Å². The van der Waals surface area contributed by atoms with E-state index < -0.39 is 5.56 Å². The monoisotopic (exact) mass is 278 g/mol. The fourth-order valence-corrected chi connectivity index (χ4v) is 2.50. The highest BCUT2D eigenvalue weighted by atomic mass is 32.2. The van der Waals surface area contributed by atoms with Crippen molar-refractivity contribution in [3.8, 4) is 0 Å². The SMILES string of the molecule is Cc1cc(=O)n(C(=O)CSc2cc(N)ccc2C)o1. The number of thioether (sulfide) groups is 1. The molecule has 0 amide bonds. The van der Waals surface area contributed by atoms with Crippen LogP contribution in [0.25, 0.3) is 0 Å². The minimum absolute atomic E-state index is 0.122. The molecule has 1 aromatic heterocycles. The molecule has 19 heavy (non-hydrogen) atoms. The first-order valence-electron chi connectivity index (χ1n) is 5.69. The second-order valence-electron chi connectivity index (χ2n) is 4.19. The number of anilines is 1. The third-order valence-corrected chi connectivity index (χ3v) is 3.69. The molecule has 2 N–H and O–H groups in total. The van der Waals surface area contributed by atoms with E-state index >= 15 is 0 Å². The second kappa shape index (κ2) is 5.36. The average molecular weight is 278 g/mol. The van der Waals surface area contributed by atoms with Crippen LogP contribution in [-0.4, -0.2) is 16.4 Å². The Balaban J connectivity index is 2.10. The number of rotatable bonds is 3. The summed E-state index contributed by atoms with van der Waals surface area (Å²) in [5, 5.41) is 0. The third-order valence-electron chi connectivity index (χ3n) is 2.55. The van der Waals surface area contributed by atoms with Gasteiger partial charge < -0.3 is 10.3 Å². The first-order valence-corrected chi connectivity index (χ1v) is 6.68. The summed E-state index contributed by atoms with van der Waals surface area (Å²) in [6.07, 6.45) is 0. The normalized spacial score (nSPS) is 10.6. The highest BCUT2D eigenvalue weighted by molar-refractivity contribution is 8.00. The molecule has 0 unspecified atom stereocenters. The van der Waals surface area contributed by atoms with Crippen molar-refractivity contribution < 1.29 is 9.32 Å². The minimum atomic E-state index is -0.438. The smallest absolute Gasteiger partial charge is 0.290 e. The molecule has 0 aliphatic heterocycles. The maximum atomic E-state index is 11.9. The highest BCUT2D eigenvalue weighted by Crippen LogP contribution is 2.24. The molecule has 0 spiro atoms. The van der Waals surface area contributed by atoms with E-state index in [0.29, 0.717) is 11.4 Å². The van der Waals surface area contributed by atoms with Crippen molar-refractivity contribution in [2.24, 2.45) is 0 Å². The molecule has 6 heteroatoms. The van der Waals surface area contributed by atoms with Crippen LogP contribution in [0.15, 0.2) is 38.5 Å². The molecule has 100 valence electrons. The zero-order valence-electron chi connectivity index (χ0n) is 10.7. The van der Waals surface area contributed by atoms with E-state index in [0.717, 1.165) is 15.2 Å². The maximum Gasteiger partial charge on any atom is 0.290 e. The molecule has 0 atom stereocenters. The van der Waals surface area contributed by atoms with Crippen LogP contribution in [0.2, 0.25) is 0 Å². The van der Waals surface area contributed by atoms with E-state index in [9.17, 15) is 9.59 Å². The summed E-state index contributed by atoms with van der Waals surface area (Å²) >= 11 is 1.33. The Kier molecular flexibility index (Phi) is 3.80. The van der Waals surface area contributed by atoms with Crippen LogP contribution in [0.5, 0.6) is 0 Å². The molecule has 0 aliphatic rings. The lowest BCUT2D eigenvalue weighted by Crippen LogP contribution is -2.23. The molecule has 5 nitrogen and oxygen atoms in total. The van der Waals surface area contributed by atoms with Gasteiger partial charge in [0.15, 0.2) is 0 Å². The van der Waals surface area contributed by atoms with Gasteiger partial charge in [0.25, 0.3) is 11.5 Å². The fourth-order valence-electron chi connectivity index (χ4n) is 1.59. The third kappa shape index (κ3) is 3.08. The topological polar surface area (TPSA) is 78.2 Å². The van der Waals surface area contributed by atoms with Crippen LogP contribution in [0.4, 0.5) is 5.69 Å². The second-order valence-corrected chi connectivity index (χ2v) is 5.20. The van der Waals surface area contributed by atoms with Crippen LogP contribution >= 0.6 is 11.8 Å². The number of hydrogen-bond acceptors (Lipinski definition) is 5. The fraction of sp³-hybridized carbons (Fsp3) is 0.231. The van der Waals surface area contributed by atoms with Crippen molar-refractivity contribution in [1.29, 1.82) is 0 Å². The Morgan fingerprint density at radius 3 is 2.74 bits per heavy atom. The standard InChI is InChI=1S/C13H14N2O3S/c1-8-3-4-10(14)6-11(8)19-7-13(17)15-12(16)5-9(2)18-15/h3-6H,7,14H2,1-2H3. The van der Waals surface area contributed by atoms with Crippen molar-refractivity contribution in [2.45, 2.75) is 18.7 Å². The van der Waals surface area contributed by atoms with Crippen molar-refractivity contribution in [1.82, 2.24) is 4.74 Å². The number of hydrogen-bond donors (Lipinski definition) is 1. The highest BCUT2D eigenvalue weighted by Gasteiger charge is 2.13. The van der Waals surface area contributed by atoms with Crippen molar-refractivity contribution >= 4 is 23.4 Å². The summed E-state index contributed by atoms with van der Waals surface area (Å²) in [5.74, 6) is 0.158. The Morgan fingerprint density at radius 1 is 1.37 bits per heavy atom. The molecule has 1 aromatic carbocycles. The maximum absolute atomic E-state index is 11.9. The number of benzene rings is 1. The zero-order chi connectivity index (χ0) is 14.0. The lowest BCUT2D eigenvalue weighted by Gasteiger charge is -2.05. The Morgan fingerprint density at radius 2 is 2.11 bits per heavy atom. The van der Waals surface area contributed by atoms with Crippen LogP contribution < -0.4 is 11.3 Å². The van der Waals surface area contributed by atoms with Gasteiger partial charge in [-0.05, 0) is 31.5 Å². The summed E-state index contributed by atoms with van der Waals surface area (Å²) in [6.45, 7) is 3.57. The quantitative estimate of drug-likeness (QED) is 0.687. The Labute approximate surface area is 114 Å². The summed E-state index contributed by atoms with van der Waals surface area (Å²) in [6, 6.07) is 6.80. The molecule has 2 aromatic rings. The van der Waals surface area contributed by atoms with Gasteiger partial charge in [-0.3, -0.25) is 9.59 Å². The summed E-state index contributed by atoms with van der Waals surface area (Å²) in [5.41, 5.74) is 6.94. The van der Waals surface area contributed by atoms with E-state index in [1.54, 1.807) is 6.92 Å². The van der Waals surface area contributed by atoms with E-state index in [2.05, 4.69) is 0 Å². The minimum Gasteiger partial charge on any atom is -0.399 e. The molecule has 0 fully saturated rings. The number of aromatic nitrogens is 1. The van der Waals surface area contributed by atoms with E-state index in [-0.39, 0.29) is 11.7 Å². The van der Waals surface area contributed by atoms with E-state index in [1.165, 1.54) is 17.8 Å². The van der Waals surface area contributed by atoms with E-state index in [1.807, 2.05) is 25.1 Å². The molecule has 0 saturated carbocycles. The summed E-state index contributed by atoms with van der Waals surface area (Å²) in [4.78, 5) is 24.2. The molecule has 2 rings (SSSR count). The largest absolute Gasteiger partial charge is 0.399 e. The van der Waals surface area contributed by atoms with Gasteiger partial charge in [0.05, 0.1) is 5.75 Å². The molecule has 0 saturated heterocycles. The average Bonchev–Trinajstić information content (AvgIpc) is 2.69. The number of nitrogen functional groups attached to an aromatic ring is 1. The first kappa shape index (κ1) is 13.5. The number of nitrogens with zero attached hydrogens (tertiary/aromatic N) is 1. The van der Waals surface area contributed by atoms with Gasteiger partial charge in [0.2, 0.25) is 0 Å². The van der Waals surface area contributed by atoms with Crippen LogP contribution in [0.3, 0.4) is 0 Å². The molecule has 1 heterocycles. The molecule has 0 radical (unpaired) electrons. The number of carbonyl (C=O) groups excluding carboxylic acids is 1. The van der Waals surface area contributed by atoms with Gasteiger partial charge >= 0.3 is 0 Å². The molecular weight excluding hydrogens is 264 g/mol. The predicted molar refractivity (Wildman–Crippen MR) is 74.6 cm³/mol. The van der Waals surface area contributed by atoms with Gasteiger partial charge in [-0.25, -0.2) is 0 Å². The van der Waals surface area contributed by atoms with Crippen LogP contribution in [-0.2, 0) is 0 Å². The molecule has 0 aliphatic carbocycles. The van der Waals surface area contributed by atoms with Gasteiger partial charge in [-0.15, -0.1) is 16.5 Å².